The Kier molecular flexibility index (Phi) is 7.09. The van der Waals surface area contributed by atoms with Gasteiger partial charge in [-0.05, 0) is 6.42 Å². The Labute approximate surface area is 106 Å². The second-order valence-corrected chi connectivity index (χ2v) is 4.95. The number of unbranched alkanes of at least 4 members (excludes halogenated alkanes) is 5. The van der Waals surface area contributed by atoms with Crippen LogP contribution in [-0.4, -0.2) is 26.3 Å². The highest BCUT2D eigenvalue weighted by molar-refractivity contribution is 4.77. The summed E-state index contributed by atoms with van der Waals surface area (Å²) in [4.78, 5) is 0. The largest absolute Gasteiger partial charge is 0.356 e. The molecule has 1 heterocycles. The van der Waals surface area contributed by atoms with Crippen LogP contribution in [0, 0.1) is 0 Å². The third-order valence-electron chi connectivity index (χ3n) is 3.65. The van der Waals surface area contributed by atoms with Crippen LogP contribution in [-0.2, 0) is 14.2 Å². The fourth-order valence-corrected chi connectivity index (χ4v) is 2.47. The second-order valence-electron chi connectivity index (χ2n) is 4.95. The summed E-state index contributed by atoms with van der Waals surface area (Å²) in [5.74, 6) is -0.370. The lowest BCUT2D eigenvalue weighted by atomic mass is 10.0. The predicted octanol–water partition coefficient (Wildman–Crippen LogP) is 3.86. The van der Waals surface area contributed by atoms with Gasteiger partial charge in [-0.2, -0.15) is 0 Å². The maximum absolute atomic E-state index is 5.83. The summed E-state index contributed by atoms with van der Waals surface area (Å²) in [6.07, 6.45) is 10.7. The van der Waals surface area contributed by atoms with E-state index in [2.05, 4.69) is 6.92 Å². The molecular weight excluding hydrogens is 216 g/mol. The number of hydrogen-bond donors (Lipinski definition) is 0. The summed E-state index contributed by atoms with van der Waals surface area (Å²) in [5, 5.41) is 0. The SMILES string of the molecule is CCCCCCCCC1(OC)CCC(OC)O1. The van der Waals surface area contributed by atoms with E-state index in [1.54, 1.807) is 14.2 Å². The van der Waals surface area contributed by atoms with Crippen molar-refractivity contribution in [3.05, 3.63) is 0 Å². The Balaban J connectivity index is 2.15. The number of hydrogen-bond acceptors (Lipinski definition) is 3. The standard InChI is InChI=1S/C14H28O3/c1-4-5-6-7-8-9-11-14(16-3)12-10-13(15-2)17-14/h13H,4-12H2,1-3H3. The van der Waals surface area contributed by atoms with Crippen LogP contribution >= 0.6 is 0 Å². The molecule has 2 unspecified atom stereocenters. The predicted molar refractivity (Wildman–Crippen MR) is 68.8 cm³/mol. The van der Waals surface area contributed by atoms with E-state index in [9.17, 15) is 0 Å². The van der Waals surface area contributed by atoms with E-state index < -0.39 is 0 Å². The van der Waals surface area contributed by atoms with Gasteiger partial charge in [0.05, 0.1) is 0 Å². The van der Waals surface area contributed by atoms with Gasteiger partial charge in [0.25, 0.3) is 0 Å². The third-order valence-corrected chi connectivity index (χ3v) is 3.65. The van der Waals surface area contributed by atoms with Crippen LogP contribution in [0.1, 0.15) is 64.7 Å². The highest BCUT2D eigenvalue weighted by atomic mass is 16.8. The minimum Gasteiger partial charge on any atom is -0.356 e. The van der Waals surface area contributed by atoms with Gasteiger partial charge in [0, 0.05) is 33.5 Å². The molecule has 0 amide bonds. The molecule has 1 aliphatic heterocycles. The molecule has 17 heavy (non-hydrogen) atoms. The van der Waals surface area contributed by atoms with E-state index in [1.807, 2.05) is 0 Å². The Bertz CT molecular complexity index is 196. The zero-order valence-electron chi connectivity index (χ0n) is 11.7. The number of ether oxygens (including phenoxy) is 3. The molecule has 3 nitrogen and oxygen atoms in total. The van der Waals surface area contributed by atoms with Crippen molar-refractivity contribution in [1.29, 1.82) is 0 Å². The van der Waals surface area contributed by atoms with E-state index in [1.165, 1.54) is 38.5 Å². The maximum Gasteiger partial charge on any atom is 0.171 e. The van der Waals surface area contributed by atoms with Crippen molar-refractivity contribution < 1.29 is 14.2 Å². The van der Waals surface area contributed by atoms with E-state index >= 15 is 0 Å². The first-order valence-electron chi connectivity index (χ1n) is 7.02. The van der Waals surface area contributed by atoms with Crippen LogP contribution in [0.4, 0.5) is 0 Å². The molecule has 3 heteroatoms. The van der Waals surface area contributed by atoms with Crippen molar-refractivity contribution in [2.24, 2.45) is 0 Å². The van der Waals surface area contributed by atoms with Gasteiger partial charge >= 0.3 is 0 Å². The van der Waals surface area contributed by atoms with Gasteiger partial charge in [-0.25, -0.2) is 0 Å². The number of rotatable bonds is 9. The summed E-state index contributed by atoms with van der Waals surface area (Å²) >= 11 is 0. The summed E-state index contributed by atoms with van der Waals surface area (Å²) < 4.78 is 16.6. The second kappa shape index (κ2) is 8.06. The Hall–Kier alpha value is -0.120. The molecule has 0 aliphatic carbocycles. The Morgan fingerprint density at radius 2 is 1.82 bits per heavy atom. The lowest BCUT2D eigenvalue weighted by Crippen LogP contribution is -2.31. The molecule has 1 saturated heterocycles. The highest BCUT2D eigenvalue weighted by Crippen LogP contribution is 2.35. The molecular formula is C14H28O3. The average molecular weight is 244 g/mol. The minimum atomic E-state index is -0.370. The fraction of sp³-hybridized carbons (Fsp3) is 1.00. The first kappa shape index (κ1) is 14.9. The van der Waals surface area contributed by atoms with Crippen LogP contribution in [0.2, 0.25) is 0 Å². The zero-order valence-corrected chi connectivity index (χ0v) is 11.7. The summed E-state index contributed by atoms with van der Waals surface area (Å²) in [6, 6.07) is 0. The third kappa shape index (κ3) is 4.94. The van der Waals surface area contributed by atoms with Crippen LogP contribution < -0.4 is 0 Å². The topological polar surface area (TPSA) is 27.7 Å². The lowest BCUT2D eigenvalue weighted by molar-refractivity contribution is -0.259. The van der Waals surface area contributed by atoms with E-state index in [0.29, 0.717) is 0 Å². The lowest BCUT2D eigenvalue weighted by Gasteiger charge is -2.27. The maximum atomic E-state index is 5.83. The van der Waals surface area contributed by atoms with Gasteiger partial charge in [-0.1, -0.05) is 39.0 Å². The van der Waals surface area contributed by atoms with Gasteiger partial charge in [0.2, 0.25) is 0 Å². The highest BCUT2D eigenvalue weighted by Gasteiger charge is 2.39. The first-order valence-corrected chi connectivity index (χ1v) is 7.02. The van der Waals surface area contributed by atoms with E-state index in [4.69, 9.17) is 14.2 Å². The molecule has 0 radical (unpaired) electrons. The summed E-state index contributed by atoms with van der Waals surface area (Å²) in [6.45, 7) is 2.25. The molecule has 1 fully saturated rings. The van der Waals surface area contributed by atoms with Gasteiger partial charge < -0.3 is 14.2 Å². The van der Waals surface area contributed by atoms with E-state index in [-0.39, 0.29) is 12.1 Å². The first-order chi connectivity index (χ1) is 8.26. The van der Waals surface area contributed by atoms with Gasteiger partial charge in [0.15, 0.2) is 12.1 Å². The smallest absolute Gasteiger partial charge is 0.171 e. The molecule has 1 rings (SSSR count). The molecule has 102 valence electrons. The molecule has 1 aliphatic rings. The van der Waals surface area contributed by atoms with Gasteiger partial charge in [-0.3, -0.25) is 0 Å². The van der Waals surface area contributed by atoms with Crippen molar-refractivity contribution in [2.75, 3.05) is 14.2 Å². The summed E-state index contributed by atoms with van der Waals surface area (Å²) in [7, 11) is 3.44. The molecule has 2 atom stereocenters. The van der Waals surface area contributed by atoms with Gasteiger partial charge in [-0.15, -0.1) is 0 Å². The molecule has 0 saturated carbocycles. The van der Waals surface area contributed by atoms with Crippen LogP contribution in [0.15, 0.2) is 0 Å². The summed E-state index contributed by atoms with van der Waals surface area (Å²) in [5.41, 5.74) is 0. The molecule has 0 aromatic rings. The normalized spacial score (nSPS) is 28.8. The van der Waals surface area contributed by atoms with Crippen molar-refractivity contribution in [3.8, 4) is 0 Å². The van der Waals surface area contributed by atoms with Crippen LogP contribution in [0.25, 0.3) is 0 Å². The number of methoxy groups -OCH3 is 2. The molecule has 0 spiro atoms. The van der Waals surface area contributed by atoms with Crippen molar-refractivity contribution >= 4 is 0 Å². The van der Waals surface area contributed by atoms with E-state index in [0.717, 1.165) is 19.3 Å². The minimum absolute atomic E-state index is 0.0740. The quantitative estimate of drug-likeness (QED) is 0.576. The molecule has 0 aromatic carbocycles. The van der Waals surface area contributed by atoms with Crippen molar-refractivity contribution in [2.45, 2.75) is 76.8 Å². The van der Waals surface area contributed by atoms with Crippen molar-refractivity contribution in [1.82, 2.24) is 0 Å². The van der Waals surface area contributed by atoms with Crippen LogP contribution in [0.5, 0.6) is 0 Å². The monoisotopic (exact) mass is 244 g/mol. The molecule has 0 N–H and O–H groups in total. The zero-order chi connectivity index (χ0) is 12.6. The molecule has 0 aromatic heterocycles. The molecule has 0 bridgehead atoms. The van der Waals surface area contributed by atoms with Crippen molar-refractivity contribution in [3.63, 3.8) is 0 Å². The average Bonchev–Trinajstić information content (AvgIpc) is 2.78. The Morgan fingerprint density at radius 1 is 1.12 bits per heavy atom. The Morgan fingerprint density at radius 3 is 2.41 bits per heavy atom. The fourth-order valence-electron chi connectivity index (χ4n) is 2.47. The van der Waals surface area contributed by atoms with Gasteiger partial charge in [0.1, 0.15) is 0 Å². The van der Waals surface area contributed by atoms with Crippen LogP contribution in [0.3, 0.4) is 0 Å².